The van der Waals surface area contributed by atoms with Crippen LogP contribution in [0, 0.1) is 5.41 Å². The second-order valence-corrected chi connectivity index (χ2v) is 6.04. The fraction of sp³-hybridized carbons (Fsp3) is 0.929. The molecule has 1 heterocycles. The smallest absolute Gasteiger partial charge is 0.317 e. The molecule has 5 heteroatoms. The van der Waals surface area contributed by atoms with Crippen LogP contribution in [-0.2, 0) is 9.47 Å². The Bertz CT molecular complexity index is 305. The first-order valence-corrected chi connectivity index (χ1v) is 7.26. The minimum absolute atomic E-state index is 0.0611. The number of hydrogen-bond donors (Lipinski definition) is 1. The van der Waals surface area contributed by atoms with Crippen LogP contribution in [0.15, 0.2) is 0 Å². The molecule has 1 aliphatic heterocycles. The largest absolute Gasteiger partial charge is 0.382 e. The van der Waals surface area contributed by atoms with Gasteiger partial charge >= 0.3 is 6.03 Å². The van der Waals surface area contributed by atoms with Gasteiger partial charge in [-0.15, -0.1) is 0 Å². The summed E-state index contributed by atoms with van der Waals surface area (Å²) >= 11 is 0. The van der Waals surface area contributed by atoms with Crippen LogP contribution in [0.5, 0.6) is 0 Å². The number of carbonyl (C=O) groups is 1. The van der Waals surface area contributed by atoms with Crippen LogP contribution in [0.4, 0.5) is 4.79 Å². The van der Waals surface area contributed by atoms with E-state index in [1.165, 1.54) is 19.3 Å². The van der Waals surface area contributed by atoms with E-state index in [4.69, 9.17) is 9.47 Å². The zero-order chi connectivity index (χ0) is 13.7. The second kappa shape index (κ2) is 6.57. The van der Waals surface area contributed by atoms with Gasteiger partial charge in [0.15, 0.2) is 0 Å². The third-order valence-corrected chi connectivity index (χ3v) is 4.30. The maximum atomic E-state index is 12.0. The van der Waals surface area contributed by atoms with Gasteiger partial charge in [-0.2, -0.15) is 0 Å². The average Bonchev–Trinajstić information content (AvgIpc) is 2.83. The van der Waals surface area contributed by atoms with E-state index >= 15 is 0 Å². The van der Waals surface area contributed by atoms with Crippen LogP contribution < -0.4 is 5.32 Å². The molecule has 0 aromatic rings. The Kier molecular flexibility index (Phi) is 5.05. The number of nitrogens with zero attached hydrogens (tertiary/aromatic N) is 1. The summed E-state index contributed by atoms with van der Waals surface area (Å²) in [5, 5.41) is 3.06. The zero-order valence-corrected chi connectivity index (χ0v) is 12.1. The summed E-state index contributed by atoms with van der Waals surface area (Å²) in [7, 11) is 1.67. The summed E-state index contributed by atoms with van der Waals surface area (Å²) in [5.41, 5.74) is 0.337. The maximum absolute atomic E-state index is 12.0. The Labute approximate surface area is 115 Å². The highest BCUT2D eigenvalue weighted by molar-refractivity contribution is 5.74. The molecule has 5 nitrogen and oxygen atoms in total. The van der Waals surface area contributed by atoms with Crippen LogP contribution in [0.25, 0.3) is 0 Å². The van der Waals surface area contributed by atoms with E-state index in [0.717, 1.165) is 19.5 Å². The highest BCUT2D eigenvalue weighted by Crippen LogP contribution is 2.39. The van der Waals surface area contributed by atoms with E-state index in [9.17, 15) is 4.79 Å². The predicted octanol–water partition coefficient (Wildman–Crippen LogP) is 1.62. The molecule has 1 saturated carbocycles. The number of amides is 2. The molecular formula is C14H26N2O3. The van der Waals surface area contributed by atoms with Crippen LogP contribution in [0.1, 0.15) is 32.6 Å². The summed E-state index contributed by atoms with van der Waals surface area (Å²) < 4.78 is 10.6. The molecule has 2 aliphatic rings. The monoisotopic (exact) mass is 270 g/mol. The maximum Gasteiger partial charge on any atom is 0.317 e. The Hall–Kier alpha value is -0.810. The number of urea groups is 1. The normalized spacial score (nSPS) is 25.2. The molecular weight excluding hydrogens is 244 g/mol. The van der Waals surface area contributed by atoms with Gasteiger partial charge in [0.25, 0.3) is 0 Å². The molecule has 0 aromatic heterocycles. The zero-order valence-electron chi connectivity index (χ0n) is 12.1. The van der Waals surface area contributed by atoms with Gasteiger partial charge in [-0.25, -0.2) is 4.79 Å². The SMILES string of the molecule is COCCO[C@H]1CCN(C(=O)NCC2(C)CCC2)C1. The molecule has 0 radical (unpaired) electrons. The molecule has 0 bridgehead atoms. The molecule has 2 fully saturated rings. The average molecular weight is 270 g/mol. The standard InChI is InChI=1S/C14H26N2O3/c1-14(5-3-6-14)11-15-13(17)16-7-4-12(10-16)19-9-8-18-2/h12H,3-11H2,1-2H3,(H,15,17)/t12-/m0/s1. The van der Waals surface area contributed by atoms with Gasteiger partial charge in [0.1, 0.15) is 0 Å². The van der Waals surface area contributed by atoms with Crippen LogP contribution in [-0.4, -0.2) is 57.0 Å². The highest BCUT2D eigenvalue weighted by atomic mass is 16.5. The molecule has 1 atom stereocenters. The van der Waals surface area contributed by atoms with Crippen molar-refractivity contribution >= 4 is 6.03 Å². The molecule has 0 unspecified atom stereocenters. The molecule has 110 valence electrons. The molecule has 19 heavy (non-hydrogen) atoms. The van der Waals surface area contributed by atoms with Crippen molar-refractivity contribution in [2.24, 2.45) is 5.41 Å². The van der Waals surface area contributed by atoms with Gasteiger partial charge in [0.2, 0.25) is 0 Å². The summed E-state index contributed by atoms with van der Waals surface area (Å²) in [4.78, 5) is 13.9. The lowest BCUT2D eigenvalue weighted by Gasteiger charge is -2.38. The van der Waals surface area contributed by atoms with Gasteiger partial charge in [-0.05, 0) is 24.7 Å². The third-order valence-electron chi connectivity index (χ3n) is 4.30. The van der Waals surface area contributed by atoms with Gasteiger partial charge in [0.05, 0.1) is 19.3 Å². The first-order valence-electron chi connectivity index (χ1n) is 7.26. The van der Waals surface area contributed by atoms with Gasteiger partial charge in [-0.1, -0.05) is 13.3 Å². The van der Waals surface area contributed by atoms with Crippen molar-refractivity contribution in [2.45, 2.75) is 38.7 Å². The number of likely N-dealkylation sites (tertiary alicyclic amines) is 1. The molecule has 0 spiro atoms. The third kappa shape index (κ3) is 4.08. The second-order valence-electron chi connectivity index (χ2n) is 6.04. The van der Waals surface area contributed by atoms with Gasteiger partial charge in [0, 0.05) is 26.7 Å². The van der Waals surface area contributed by atoms with Crippen molar-refractivity contribution < 1.29 is 14.3 Å². The number of rotatable bonds is 6. The molecule has 1 saturated heterocycles. The van der Waals surface area contributed by atoms with Crippen molar-refractivity contribution in [1.82, 2.24) is 10.2 Å². The fourth-order valence-corrected chi connectivity index (χ4v) is 2.70. The van der Waals surface area contributed by atoms with Crippen molar-refractivity contribution in [3.63, 3.8) is 0 Å². The quantitative estimate of drug-likeness (QED) is 0.746. The first kappa shape index (κ1) is 14.6. The topological polar surface area (TPSA) is 50.8 Å². The molecule has 1 N–H and O–H groups in total. The van der Waals surface area contributed by atoms with Crippen molar-refractivity contribution in [3.8, 4) is 0 Å². The summed E-state index contributed by atoms with van der Waals surface area (Å²) in [5.74, 6) is 0. The minimum Gasteiger partial charge on any atom is -0.382 e. The first-order chi connectivity index (χ1) is 9.13. The predicted molar refractivity (Wildman–Crippen MR) is 73.2 cm³/mol. The molecule has 0 aromatic carbocycles. The Morgan fingerprint density at radius 1 is 1.42 bits per heavy atom. The number of ether oxygens (including phenoxy) is 2. The fourth-order valence-electron chi connectivity index (χ4n) is 2.70. The van der Waals surface area contributed by atoms with Crippen LogP contribution >= 0.6 is 0 Å². The summed E-state index contributed by atoms with van der Waals surface area (Å²) in [6.45, 7) is 5.76. The summed E-state index contributed by atoms with van der Waals surface area (Å²) in [6.07, 6.45) is 4.85. The van der Waals surface area contributed by atoms with Crippen LogP contribution in [0.3, 0.4) is 0 Å². The van der Waals surface area contributed by atoms with E-state index < -0.39 is 0 Å². The molecule has 2 amide bonds. The number of hydrogen-bond acceptors (Lipinski definition) is 3. The lowest BCUT2D eigenvalue weighted by Crippen LogP contribution is -2.45. The lowest BCUT2D eigenvalue weighted by molar-refractivity contribution is 0.0235. The van der Waals surface area contributed by atoms with Crippen molar-refractivity contribution in [2.75, 3.05) is 40.0 Å². The molecule has 2 rings (SSSR count). The Morgan fingerprint density at radius 3 is 2.84 bits per heavy atom. The van der Waals surface area contributed by atoms with E-state index in [2.05, 4.69) is 12.2 Å². The number of nitrogens with one attached hydrogen (secondary N) is 1. The van der Waals surface area contributed by atoms with Crippen molar-refractivity contribution in [3.05, 3.63) is 0 Å². The summed E-state index contributed by atoms with van der Waals surface area (Å²) in [6, 6.07) is 0.0611. The van der Waals surface area contributed by atoms with E-state index in [1.54, 1.807) is 7.11 Å². The van der Waals surface area contributed by atoms with E-state index in [-0.39, 0.29) is 12.1 Å². The van der Waals surface area contributed by atoms with Gasteiger partial charge in [-0.3, -0.25) is 0 Å². The number of carbonyl (C=O) groups excluding carboxylic acids is 1. The van der Waals surface area contributed by atoms with E-state index in [1.807, 2.05) is 4.90 Å². The minimum atomic E-state index is 0.0611. The highest BCUT2D eigenvalue weighted by Gasteiger charge is 2.33. The van der Waals surface area contributed by atoms with Gasteiger partial charge < -0.3 is 19.7 Å². The lowest BCUT2D eigenvalue weighted by atomic mass is 9.70. The Morgan fingerprint density at radius 2 is 2.21 bits per heavy atom. The Balaban J connectivity index is 1.63. The van der Waals surface area contributed by atoms with Crippen LogP contribution in [0.2, 0.25) is 0 Å². The molecule has 1 aliphatic carbocycles. The van der Waals surface area contributed by atoms with E-state index in [0.29, 0.717) is 25.2 Å². The van der Waals surface area contributed by atoms with Crippen molar-refractivity contribution in [1.29, 1.82) is 0 Å². The number of methoxy groups -OCH3 is 1.